The Bertz CT molecular complexity index is 464. The molecule has 122 valence electrons. The van der Waals surface area contributed by atoms with E-state index in [1.807, 2.05) is 0 Å². The zero-order valence-corrected chi connectivity index (χ0v) is 13.5. The topological polar surface area (TPSA) is 98.8 Å². The molecule has 0 radical (unpaired) electrons. The summed E-state index contributed by atoms with van der Waals surface area (Å²) in [4.78, 5) is 22.6. The van der Waals surface area contributed by atoms with Gasteiger partial charge in [0.1, 0.15) is 12.2 Å². The van der Waals surface area contributed by atoms with Crippen LogP contribution in [-0.2, 0) is 24.1 Å². The SMILES string of the molecule is C=CS(=O)(=O)CCOC(=O)CCCNC(=O)OC(C)(C)C. The molecule has 0 bridgehead atoms. The predicted molar refractivity (Wildman–Crippen MR) is 78.4 cm³/mol. The maximum atomic E-state index is 11.3. The number of sulfone groups is 1. The van der Waals surface area contributed by atoms with Crippen LogP contribution in [0.1, 0.15) is 33.6 Å². The van der Waals surface area contributed by atoms with Crippen molar-refractivity contribution in [2.24, 2.45) is 0 Å². The van der Waals surface area contributed by atoms with Crippen molar-refractivity contribution in [1.29, 1.82) is 0 Å². The lowest BCUT2D eigenvalue weighted by Crippen LogP contribution is -2.33. The summed E-state index contributed by atoms with van der Waals surface area (Å²) in [7, 11) is -3.36. The van der Waals surface area contributed by atoms with E-state index in [0.717, 1.165) is 5.41 Å². The van der Waals surface area contributed by atoms with Gasteiger partial charge in [0.15, 0.2) is 9.84 Å². The van der Waals surface area contributed by atoms with Gasteiger partial charge in [-0.25, -0.2) is 13.2 Å². The van der Waals surface area contributed by atoms with Gasteiger partial charge in [0.2, 0.25) is 0 Å². The fourth-order valence-electron chi connectivity index (χ4n) is 1.16. The minimum Gasteiger partial charge on any atom is -0.465 e. The van der Waals surface area contributed by atoms with E-state index in [0.29, 0.717) is 6.42 Å². The number of nitrogens with one attached hydrogen (secondary N) is 1. The number of carbonyl (C=O) groups excluding carboxylic acids is 2. The molecule has 0 aliphatic rings. The van der Waals surface area contributed by atoms with Crippen LogP contribution in [0.25, 0.3) is 0 Å². The second-order valence-electron chi connectivity index (χ2n) is 5.29. The van der Waals surface area contributed by atoms with Crippen LogP contribution in [0.15, 0.2) is 12.0 Å². The summed E-state index contributed by atoms with van der Waals surface area (Å²) in [5, 5.41) is 3.33. The predicted octanol–water partition coefficient (Wildman–Crippen LogP) is 1.39. The first-order valence-corrected chi connectivity index (χ1v) is 8.25. The van der Waals surface area contributed by atoms with Gasteiger partial charge in [0.05, 0.1) is 5.75 Å². The van der Waals surface area contributed by atoms with E-state index in [-0.39, 0.29) is 25.3 Å². The second kappa shape index (κ2) is 8.66. The number of ether oxygens (including phenoxy) is 2. The summed E-state index contributed by atoms with van der Waals surface area (Å²) in [5.74, 6) is -0.793. The van der Waals surface area contributed by atoms with Crippen LogP contribution in [0.4, 0.5) is 4.79 Å². The minimum absolute atomic E-state index is 0.0872. The molecule has 21 heavy (non-hydrogen) atoms. The molecule has 1 amide bonds. The Labute approximate surface area is 125 Å². The summed E-state index contributed by atoms with van der Waals surface area (Å²) >= 11 is 0. The van der Waals surface area contributed by atoms with E-state index in [4.69, 9.17) is 9.47 Å². The van der Waals surface area contributed by atoms with Gasteiger partial charge in [-0.3, -0.25) is 4.79 Å². The molecule has 0 aromatic carbocycles. The van der Waals surface area contributed by atoms with Gasteiger partial charge in [-0.15, -0.1) is 0 Å². The van der Waals surface area contributed by atoms with Crippen LogP contribution in [0.2, 0.25) is 0 Å². The third-order valence-electron chi connectivity index (χ3n) is 2.11. The summed E-state index contributed by atoms with van der Waals surface area (Å²) in [6.07, 6.45) is -0.0797. The molecule has 0 saturated heterocycles. The first-order chi connectivity index (χ1) is 9.56. The Kier molecular flexibility index (Phi) is 8.01. The molecule has 0 spiro atoms. The molecule has 0 aliphatic heterocycles. The normalized spacial score (nSPS) is 11.6. The number of hydrogen-bond donors (Lipinski definition) is 1. The van der Waals surface area contributed by atoms with E-state index in [2.05, 4.69) is 11.9 Å². The Morgan fingerprint density at radius 1 is 1.29 bits per heavy atom. The molecule has 0 heterocycles. The second-order valence-corrected chi connectivity index (χ2v) is 7.35. The summed E-state index contributed by atoms with van der Waals surface area (Å²) in [6, 6.07) is 0. The molecule has 0 fully saturated rings. The molecule has 1 N–H and O–H groups in total. The van der Waals surface area contributed by atoms with Gasteiger partial charge in [0, 0.05) is 18.4 Å². The standard InChI is InChI=1S/C13H23NO6S/c1-5-21(17,18)10-9-19-11(15)7-6-8-14-12(16)20-13(2,3)4/h5H,1,6-10H2,2-4H3,(H,14,16). The average molecular weight is 321 g/mol. The molecule has 0 aromatic rings. The number of hydrogen-bond acceptors (Lipinski definition) is 6. The summed E-state index contributed by atoms with van der Waals surface area (Å²) in [6.45, 7) is 8.48. The fraction of sp³-hybridized carbons (Fsp3) is 0.692. The van der Waals surface area contributed by atoms with Gasteiger partial charge in [-0.2, -0.15) is 0 Å². The zero-order valence-electron chi connectivity index (χ0n) is 12.7. The van der Waals surface area contributed by atoms with Crippen molar-refractivity contribution in [1.82, 2.24) is 5.32 Å². The van der Waals surface area contributed by atoms with Gasteiger partial charge in [-0.1, -0.05) is 6.58 Å². The average Bonchev–Trinajstić information content (AvgIpc) is 2.32. The Morgan fingerprint density at radius 3 is 2.43 bits per heavy atom. The lowest BCUT2D eigenvalue weighted by atomic mass is 10.2. The van der Waals surface area contributed by atoms with Crippen molar-refractivity contribution in [2.45, 2.75) is 39.2 Å². The lowest BCUT2D eigenvalue weighted by molar-refractivity contribution is -0.143. The van der Waals surface area contributed by atoms with E-state index in [9.17, 15) is 18.0 Å². The van der Waals surface area contributed by atoms with E-state index in [1.165, 1.54) is 0 Å². The van der Waals surface area contributed by atoms with Crippen molar-refractivity contribution in [3.63, 3.8) is 0 Å². The maximum absolute atomic E-state index is 11.3. The van der Waals surface area contributed by atoms with E-state index in [1.54, 1.807) is 20.8 Å². The van der Waals surface area contributed by atoms with Crippen LogP contribution in [0.5, 0.6) is 0 Å². The van der Waals surface area contributed by atoms with Gasteiger partial charge < -0.3 is 14.8 Å². The molecule has 0 aliphatic carbocycles. The minimum atomic E-state index is -3.36. The fourth-order valence-corrected chi connectivity index (χ4v) is 1.65. The number of alkyl carbamates (subject to hydrolysis) is 1. The molecule has 0 saturated carbocycles. The summed E-state index contributed by atoms with van der Waals surface area (Å²) < 4.78 is 31.9. The molecule has 7 nitrogen and oxygen atoms in total. The number of carbonyl (C=O) groups is 2. The lowest BCUT2D eigenvalue weighted by Gasteiger charge is -2.19. The molecular formula is C13H23NO6S. The molecule has 0 rings (SSSR count). The Balaban J connectivity index is 3.72. The van der Waals surface area contributed by atoms with Crippen molar-refractivity contribution in [3.05, 3.63) is 12.0 Å². The van der Waals surface area contributed by atoms with Crippen LogP contribution >= 0.6 is 0 Å². The molecular weight excluding hydrogens is 298 g/mol. The Hall–Kier alpha value is -1.57. The quantitative estimate of drug-likeness (QED) is 0.536. The molecule has 8 heteroatoms. The highest BCUT2D eigenvalue weighted by molar-refractivity contribution is 7.94. The highest BCUT2D eigenvalue weighted by Crippen LogP contribution is 2.06. The zero-order chi connectivity index (χ0) is 16.5. The first kappa shape index (κ1) is 19.4. The van der Waals surface area contributed by atoms with Crippen molar-refractivity contribution in [3.8, 4) is 0 Å². The maximum Gasteiger partial charge on any atom is 0.407 e. The third-order valence-corrected chi connectivity index (χ3v) is 3.35. The third kappa shape index (κ3) is 11.9. The number of rotatable bonds is 8. The van der Waals surface area contributed by atoms with Gasteiger partial charge >= 0.3 is 12.1 Å². The molecule has 0 unspecified atom stereocenters. The largest absolute Gasteiger partial charge is 0.465 e. The van der Waals surface area contributed by atoms with Gasteiger partial charge in [0.25, 0.3) is 0 Å². The van der Waals surface area contributed by atoms with Crippen LogP contribution in [0.3, 0.4) is 0 Å². The monoisotopic (exact) mass is 321 g/mol. The smallest absolute Gasteiger partial charge is 0.407 e. The highest BCUT2D eigenvalue weighted by atomic mass is 32.2. The summed E-state index contributed by atoms with van der Waals surface area (Å²) in [5.41, 5.74) is -0.570. The van der Waals surface area contributed by atoms with Crippen LogP contribution < -0.4 is 5.32 Å². The highest BCUT2D eigenvalue weighted by Gasteiger charge is 2.15. The van der Waals surface area contributed by atoms with Crippen molar-refractivity contribution < 1.29 is 27.5 Å². The van der Waals surface area contributed by atoms with E-state index < -0.39 is 27.5 Å². The molecule has 0 atom stereocenters. The Morgan fingerprint density at radius 2 is 1.90 bits per heavy atom. The van der Waals surface area contributed by atoms with Crippen LogP contribution in [0, 0.1) is 0 Å². The van der Waals surface area contributed by atoms with Gasteiger partial charge in [-0.05, 0) is 27.2 Å². The van der Waals surface area contributed by atoms with Crippen LogP contribution in [-0.4, -0.2) is 45.0 Å². The van der Waals surface area contributed by atoms with E-state index >= 15 is 0 Å². The van der Waals surface area contributed by atoms with Crippen molar-refractivity contribution >= 4 is 21.9 Å². The molecule has 0 aromatic heterocycles. The number of esters is 1. The number of amides is 1. The first-order valence-electron chi connectivity index (χ1n) is 6.53. The van der Waals surface area contributed by atoms with Crippen molar-refractivity contribution in [2.75, 3.05) is 18.9 Å².